The predicted octanol–water partition coefficient (Wildman–Crippen LogP) is 4.02. The third-order valence-electron chi connectivity index (χ3n) is 3.43. The van der Waals surface area contributed by atoms with Crippen LogP contribution in [0.1, 0.15) is 29.8 Å². The Labute approximate surface area is 126 Å². The summed E-state index contributed by atoms with van der Waals surface area (Å²) < 4.78 is 5.57. The Morgan fingerprint density at radius 2 is 1.71 bits per heavy atom. The summed E-state index contributed by atoms with van der Waals surface area (Å²) in [6.45, 7) is 6.70. The third-order valence-corrected chi connectivity index (χ3v) is 3.43. The number of anilines is 1. The van der Waals surface area contributed by atoms with Crippen molar-refractivity contribution in [2.45, 2.75) is 27.0 Å². The molecule has 3 nitrogen and oxygen atoms in total. The minimum Gasteiger partial charge on any atom is -0.438 e. The minimum absolute atomic E-state index is 0.295. The van der Waals surface area contributed by atoms with Crippen LogP contribution in [0.5, 0.6) is 0 Å². The maximum absolute atomic E-state index is 12.2. The smallest absolute Gasteiger partial charge is 0.340 e. The maximum Gasteiger partial charge on any atom is 0.340 e. The van der Waals surface area contributed by atoms with Crippen molar-refractivity contribution in [1.82, 2.24) is 0 Å². The number of aryl methyl sites for hydroxylation is 1. The average Bonchev–Trinajstić information content (AvgIpc) is 2.49. The first-order chi connectivity index (χ1) is 10.1. The molecule has 1 atom stereocenters. The Hall–Kier alpha value is -2.29. The highest BCUT2D eigenvalue weighted by Crippen LogP contribution is 2.17. The molecule has 0 aromatic heterocycles. The fourth-order valence-electron chi connectivity index (χ4n) is 2.25. The number of hydrogen-bond donors (Lipinski definition) is 0. The first kappa shape index (κ1) is 15.1. The summed E-state index contributed by atoms with van der Waals surface area (Å²) in [6, 6.07) is 17.4. The zero-order valence-corrected chi connectivity index (χ0v) is 12.7. The molecule has 0 N–H and O–H groups in total. The van der Waals surface area contributed by atoms with E-state index in [0.29, 0.717) is 5.56 Å². The zero-order valence-electron chi connectivity index (χ0n) is 12.7. The number of carbonyl (C=O) groups excluding carboxylic acids is 1. The molecule has 0 saturated heterocycles. The van der Waals surface area contributed by atoms with Crippen LogP contribution in [-0.4, -0.2) is 18.7 Å². The van der Waals surface area contributed by atoms with E-state index in [1.807, 2.05) is 68.1 Å². The molecule has 0 saturated carbocycles. The molecule has 110 valence electrons. The number of para-hydroxylation sites is 1. The van der Waals surface area contributed by atoms with Gasteiger partial charge in [0.05, 0.1) is 5.56 Å². The Bertz CT molecular complexity index is 578. The Morgan fingerprint density at radius 1 is 1.10 bits per heavy atom. The molecule has 0 heterocycles. The van der Waals surface area contributed by atoms with Crippen molar-refractivity contribution in [1.29, 1.82) is 0 Å². The standard InChI is InChI=1S/C18H21NO2/c1-4-19(17-8-6-5-7-9-17)15(3)21-18(20)16-12-10-14(2)11-13-16/h5-13,15H,4H2,1-3H3. The third kappa shape index (κ3) is 3.85. The Kier molecular flexibility index (Phi) is 4.99. The van der Waals surface area contributed by atoms with E-state index in [0.717, 1.165) is 17.8 Å². The Morgan fingerprint density at radius 3 is 2.29 bits per heavy atom. The van der Waals surface area contributed by atoms with Gasteiger partial charge in [0.25, 0.3) is 0 Å². The Balaban J connectivity index is 2.07. The molecular weight excluding hydrogens is 262 g/mol. The average molecular weight is 283 g/mol. The second-order valence-corrected chi connectivity index (χ2v) is 4.99. The highest BCUT2D eigenvalue weighted by molar-refractivity contribution is 5.89. The fraction of sp³-hybridized carbons (Fsp3) is 0.278. The monoisotopic (exact) mass is 283 g/mol. The van der Waals surface area contributed by atoms with Gasteiger partial charge in [0.15, 0.2) is 6.23 Å². The summed E-state index contributed by atoms with van der Waals surface area (Å²) >= 11 is 0. The zero-order chi connectivity index (χ0) is 15.2. The molecule has 3 heteroatoms. The number of nitrogens with zero attached hydrogens (tertiary/aromatic N) is 1. The molecule has 0 aliphatic heterocycles. The van der Waals surface area contributed by atoms with Crippen LogP contribution in [0.3, 0.4) is 0 Å². The molecule has 0 aliphatic carbocycles. The first-order valence-electron chi connectivity index (χ1n) is 7.21. The number of esters is 1. The van der Waals surface area contributed by atoms with Gasteiger partial charge in [-0.1, -0.05) is 35.9 Å². The van der Waals surface area contributed by atoms with Gasteiger partial charge < -0.3 is 9.64 Å². The van der Waals surface area contributed by atoms with E-state index in [4.69, 9.17) is 4.74 Å². The largest absolute Gasteiger partial charge is 0.438 e. The van der Waals surface area contributed by atoms with E-state index >= 15 is 0 Å². The first-order valence-corrected chi connectivity index (χ1v) is 7.21. The van der Waals surface area contributed by atoms with Gasteiger partial charge in [0, 0.05) is 12.2 Å². The van der Waals surface area contributed by atoms with Crippen LogP contribution in [0, 0.1) is 6.92 Å². The maximum atomic E-state index is 12.2. The lowest BCUT2D eigenvalue weighted by molar-refractivity contribution is 0.0336. The lowest BCUT2D eigenvalue weighted by Gasteiger charge is -2.29. The summed E-state index contributed by atoms with van der Waals surface area (Å²) in [5, 5.41) is 0. The minimum atomic E-state index is -0.314. The summed E-state index contributed by atoms with van der Waals surface area (Å²) in [5.74, 6) is -0.295. The number of ether oxygens (including phenoxy) is 1. The molecule has 0 fully saturated rings. The molecule has 0 amide bonds. The highest BCUT2D eigenvalue weighted by atomic mass is 16.6. The summed E-state index contributed by atoms with van der Waals surface area (Å²) in [5.41, 5.74) is 2.75. The molecule has 0 radical (unpaired) electrons. The van der Waals surface area contributed by atoms with Gasteiger partial charge in [-0.3, -0.25) is 0 Å². The van der Waals surface area contributed by atoms with Crippen molar-refractivity contribution in [3.63, 3.8) is 0 Å². The second kappa shape index (κ2) is 6.93. The molecule has 2 aromatic carbocycles. The van der Waals surface area contributed by atoms with Crippen molar-refractivity contribution in [2.24, 2.45) is 0 Å². The molecule has 2 aromatic rings. The lowest BCUT2D eigenvalue weighted by atomic mass is 10.1. The molecule has 0 spiro atoms. The topological polar surface area (TPSA) is 29.5 Å². The van der Waals surface area contributed by atoms with Crippen molar-refractivity contribution < 1.29 is 9.53 Å². The fourth-order valence-corrected chi connectivity index (χ4v) is 2.25. The van der Waals surface area contributed by atoms with E-state index in [1.165, 1.54) is 0 Å². The van der Waals surface area contributed by atoms with Crippen LogP contribution in [-0.2, 0) is 4.74 Å². The van der Waals surface area contributed by atoms with Gasteiger partial charge in [-0.15, -0.1) is 0 Å². The van der Waals surface area contributed by atoms with E-state index in [-0.39, 0.29) is 12.2 Å². The summed E-state index contributed by atoms with van der Waals surface area (Å²) in [4.78, 5) is 14.2. The predicted molar refractivity (Wildman–Crippen MR) is 85.5 cm³/mol. The van der Waals surface area contributed by atoms with Crippen LogP contribution in [0.2, 0.25) is 0 Å². The van der Waals surface area contributed by atoms with Gasteiger partial charge in [-0.2, -0.15) is 0 Å². The number of rotatable bonds is 5. The molecule has 21 heavy (non-hydrogen) atoms. The van der Waals surface area contributed by atoms with E-state index in [9.17, 15) is 4.79 Å². The highest BCUT2D eigenvalue weighted by Gasteiger charge is 2.17. The number of benzene rings is 2. The molecule has 2 rings (SSSR count). The van der Waals surface area contributed by atoms with Crippen LogP contribution in [0.4, 0.5) is 5.69 Å². The van der Waals surface area contributed by atoms with Crippen LogP contribution >= 0.6 is 0 Å². The van der Waals surface area contributed by atoms with Crippen molar-refractivity contribution in [2.75, 3.05) is 11.4 Å². The van der Waals surface area contributed by atoms with Gasteiger partial charge in [0.1, 0.15) is 0 Å². The lowest BCUT2D eigenvalue weighted by Crippen LogP contribution is -2.36. The molecular formula is C18H21NO2. The number of carbonyl (C=O) groups is 1. The summed E-state index contributed by atoms with van der Waals surface area (Å²) in [7, 11) is 0. The SMILES string of the molecule is CCN(c1ccccc1)C(C)OC(=O)c1ccc(C)cc1. The van der Waals surface area contributed by atoms with Crippen LogP contribution in [0.25, 0.3) is 0 Å². The van der Waals surface area contributed by atoms with Crippen molar-refractivity contribution >= 4 is 11.7 Å². The van der Waals surface area contributed by atoms with E-state index in [2.05, 4.69) is 0 Å². The quantitative estimate of drug-likeness (QED) is 0.613. The van der Waals surface area contributed by atoms with Crippen molar-refractivity contribution in [3.8, 4) is 0 Å². The van der Waals surface area contributed by atoms with Crippen LogP contribution < -0.4 is 4.90 Å². The number of hydrogen-bond acceptors (Lipinski definition) is 3. The molecule has 0 bridgehead atoms. The van der Waals surface area contributed by atoms with Gasteiger partial charge in [-0.25, -0.2) is 4.79 Å². The van der Waals surface area contributed by atoms with Gasteiger partial charge in [0.2, 0.25) is 0 Å². The normalized spacial score (nSPS) is 11.8. The molecule has 1 unspecified atom stereocenters. The molecule has 0 aliphatic rings. The second-order valence-electron chi connectivity index (χ2n) is 4.99. The van der Waals surface area contributed by atoms with E-state index in [1.54, 1.807) is 12.1 Å². The van der Waals surface area contributed by atoms with Gasteiger partial charge >= 0.3 is 5.97 Å². The van der Waals surface area contributed by atoms with Gasteiger partial charge in [-0.05, 0) is 45.0 Å². The van der Waals surface area contributed by atoms with Crippen molar-refractivity contribution in [3.05, 3.63) is 65.7 Å². The van der Waals surface area contributed by atoms with E-state index < -0.39 is 0 Å². The van der Waals surface area contributed by atoms with Crippen LogP contribution in [0.15, 0.2) is 54.6 Å². The summed E-state index contributed by atoms with van der Waals surface area (Å²) in [6.07, 6.45) is -0.314.